The summed E-state index contributed by atoms with van der Waals surface area (Å²) in [5, 5.41) is 0. The monoisotopic (exact) mass is 388 g/mol. The molecule has 3 heterocycles. The fourth-order valence-corrected chi connectivity index (χ4v) is 5.58. The van der Waals surface area contributed by atoms with Crippen LogP contribution in [0.2, 0.25) is 0 Å². The van der Waals surface area contributed by atoms with Crippen molar-refractivity contribution in [1.29, 1.82) is 0 Å². The maximum absolute atomic E-state index is 13.0. The summed E-state index contributed by atoms with van der Waals surface area (Å²) in [5.41, 5.74) is 2.27. The molecule has 0 N–H and O–H groups in total. The van der Waals surface area contributed by atoms with Crippen LogP contribution >= 0.6 is 0 Å². The zero-order valence-electron chi connectivity index (χ0n) is 15.7. The Balaban J connectivity index is 1.68. The SMILES string of the molecule is Cc1cc(C(=O)N2CCCc3cc(S(=O)(=O)N4CCCC4)ccc32)c(C)o1. The van der Waals surface area contributed by atoms with Crippen LogP contribution in [0.25, 0.3) is 0 Å². The minimum Gasteiger partial charge on any atom is -0.466 e. The molecule has 0 saturated carbocycles. The first-order chi connectivity index (χ1) is 12.9. The summed E-state index contributed by atoms with van der Waals surface area (Å²) in [4.78, 5) is 15.1. The van der Waals surface area contributed by atoms with Gasteiger partial charge in [0.15, 0.2) is 0 Å². The Labute approximate surface area is 159 Å². The van der Waals surface area contributed by atoms with Crippen molar-refractivity contribution in [3.8, 4) is 0 Å². The van der Waals surface area contributed by atoms with Gasteiger partial charge in [-0.3, -0.25) is 4.79 Å². The minimum absolute atomic E-state index is 0.0968. The molecule has 0 bridgehead atoms. The number of carbonyl (C=O) groups excluding carboxylic acids is 1. The predicted octanol–water partition coefficient (Wildman–Crippen LogP) is 3.27. The number of benzene rings is 1. The number of sulfonamides is 1. The molecule has 0 spiro atoms. The smallest absolute Gasteiger partial charge is 0.261 e. The maximum atomic E-state index is 13.0. The summed E-state index contributed by atoms with van der Waals surface area (Å²) in [5.74, 6) is 1.22. The van der Waals surface area contributed by atoms with Crippen molar-refractivity contribution in [3.05, 3.63) is 46.9 Å². The lowest BCUT2D eigenvalue weighted by Crippen LogP contribution is -2.36. The average molecular weight is 388 g/mol. The van der Waals surface area contributed by atoms with Gasteiger partial charge in [-0.2, -0.15) is 4.31 Å². The fourth-order valence-electron chi connectivity index (χ4n) is 4.01. The van der Waals surface area contributed by atoms with Gasteiger partial charge in [-0.05, 0) is 69.4 Å². The van der Waals surface area contributed by atoms with Gasteiger partial charge in [0.1, 0.15) is 11.5 Å². The molecule has 0 unspecified atom stereocenters. The van der Waals surface area contributed by atoms with E-state index in [4.69, 9.17) is 4.42 Å². The van der Waals surface area contributed by atoms with E-state index in [-0.39, 0.29) is 5.91 Å². The van der Waals surface area contributed by atoms with E-state index in [1.807, 2.05) is 6.92 Å². The molecule has 0 radical (unpaired) electrons. The summed E-state index contributed by atoms with van der Waals surface area (Å²) >= 11 is 0. The van der Waals surface area contributed by atoms with Crippen molar-refractivity contribution in [2.45, 2.75) is 44.4 Å². The third-order valence-corrected chi connectivity index (χ3v) is 7.28. The average Bonchev–Trinajstić information content (AvgIpc) is 3.30. The number of rotatable bonds is 3. The number of fused-ring (bicyclic) bond motifs is 1. The number of anilines is 1. The Morgan fingerprint density at radius 3 is 2.44 bits per heavy atom. The first-order valence-electron chi connectivity index (χ1n) is 9.40. The lowest BCUT2D eigenvalue weighted by atomic mass is 10.0. The quantitative estimate of drug-likeness (QED) is 0.809. The third-order valence-electron chi connectivity index (χ3n) is 5.39. The molecule has 0 aliphatic carbocycles. The van der Waals surface area contributed by atoms with Gasteiger partial charge in [0, 0.05) is 25.3 Å². The number of nitrogens with zero attached hydrogens (tertiary/aromatic N) is 2. The Hall–Kier alpha value is -2.12. The maximum Gasteiger partial charge on any atom is 0.261 e. The van der Waals surface area contributed by atoms with E-state index in [2.05, 4.69) is 0 Å². The van der Waals surface area contributed by atoms with Crippen LogP contribution in [-0.2, 0) is 16.4 Å². The summed E-state index contributed by atoms with van der Waals surface area (Å²) < 4.78 is 32.7. The second kappa shape index (κ2) is 6.80. The van der Waals surface area contributed by atoms with E-state index in [9.17, 15) is 13.2 Å². The molecule has 27 heavy (non-hydrogen) atoms. The molecule has 7 heteroatoms. The van der Waals surface area contributed by atoms with Crippen molar-refractivity contribution in [1.82, 2.24) is 4.31 Å². The van der Waals surface area contributed by atoms with Gasteiger partial charge in [0.25, 0.3) is 5.91 Å². The molecule has 2 aliphatic heterocycles. The Kier molecular flexibility index (Phi) is 4.60. The van der Waals surface area contributed by atoms with Crippen LogP contribution in [0.1, 0.15) is 46.7 Å². The van der Waals surface area contributed by atoms with Crippen LogP contribution in [0, 0.1) is 13.8 Å². The minimum atomic E-state index is -3.45. The number of aryl methyl sites for hydroxylation is 3. The highest BCUT2D eigenvalue weighted by Crippen LogP contribution is 2.32. The number of carbonyl (C=O) groups is 1. The molecule has 2 aliphatic rings. The lowest BCUT2D eigenvalue weighted by molar-refractivity contribution is 0.0983. The van der Waals surface area contributed by atoms with E-state index in [0.717, 1.165) is 36.9 Å². The molecule has 1 aromatic carbocycles. The molecule has 2 aromatic rings. The highest BCUT2D eigenvalue weighted by Gasteiger charge is 2.30. The van der Waals surface area contributed by atoms with Crippen LogP contribution < -0.4 is 4.90 Å². The van der Waals surface area contributed by atoms with Gasteiger partial charge in [-0.15, -0.1) is 0 Å². The summed E-state index contributed by atoms with van der Waals surface area (Å²) in [6, 6.07) is 6.91. The normalized spacial score (nSPS) is 17.9. The molecule has 6 nitrogen and oxygen atoms in total. The Bertz CT molecular complexity index is 987. The van der Waals surface area contributed by atoms with Crippen molar-refractivity contribution in [3.63, 3.8) is 0 Å². The standard InChI is InChI=1S/C20H24N2O4S/c1-14-12-18(15(2)26-14)20(23)22-11-5-6-16-13-17(7-8-19(16)22)27(24,25)21-9-3-4-10-21/h7-8,12-13H,3-6,9-11H2,1-2H3. The molecular weight excluding hydrogens is 364 g/mol. The van der Waals surface area contributed by atoms with Crippen LogP contribution in [0.4, 0.5) is 5.69 Å². The van der Waals surface area contributed by atoms with Crippen molar-refractivity contribution >= 4 is 21.6 Å². The topological polar surface area (TPSA) is 70.8 Å². The van der Waals surface area contributed by atoms with Crippen LogP contribution in [0.3, 0.4) is 0 Å². The molecular formula is C20H24N2O4S. The van der Waals surface area contributed by atoms with E-state index in [1.165, 1.54) is 0 Å². The number of hydrogen-bond acceptors (Lipinski definition) is 4. The summed E-state index contributed by atoms with van der Waals surface area (Å²) in [6.45, 7) is 5.40. The Morgan fingerprint density at radius 2 is 1.78 bits per heavy atom. The van der Waals surface area contributed by atoms with E-state index >= 15 is 0 Å². The molecule has 1 fully saturated rings. The van der Waals surface area contributed by atoms with Gasteiger partial charge < -0.3 is 9.32 Å². The fraction of sp³-hybridized carbons (Fsp3) is 0.450. The molecule has 144 valence electrons. The largest absolute Gasteiger partial charge is 0.466 e. The first-order valence-corrected chi connectivity index (χ1v) is 10.8. The second-order valence-electron chi connectivity index (χ2n) is 7.29. The number of furan rings is 1. The van der Waals surface area contributed by atoms with E-state index in [1.54, 1.807) is 40.4 Å². The van der Waals surface area contributed by atoms with Gasteiger partial charge in [0.2, 0.25) is 10.0 Å². The Morgan fingerprint density at radius 1 is 1.04 bits per heavy atom. The van der Waals surface area contributed by atoms with Gasteiger partial charge in [0.05, 0.1) is 10.5 Å². The van der Waals surface area contributed by atoms with Crippen molar-refractivity contribution in [2.24, 2.45) is 0 Å². The molecule has 1 saturated heterocycles. The van der Waals surface area contributed by atoms with Gasteiger partial charge in [-0.1, -0.05) is 0 Å². The van der Waals surface area contributed by atoms with Crippen LogP contribution in [0.15, 0.2) is 33.6 Å². The molecule has 1 amide bonds. The van der Waals surface area contributed by atoms with Crippen molar-refractivity contribution < 1.29 is 17.6 Å². The zero-order valence-corrected chi connectivity index (χ0v) is 16.5. The first kappa shape index (κ1) is 18.3. The summed E-state index contributed by atoms with van der Waals surface area (Å²) in [6.07, 6.45) is 3.40. The van der Waals surface area contributed by atoms with Gasteiger partial charge >= 0.3 is 0 Å². The highest BCUT2D eigenvalue weighted by atomic mass is 32.2. The molecule has 1 aromatic heterocycles. The highest BCUT2D eigenvalue weighted by molar-refractivity contribution is 7.89. The molecule has 4 rings (SSSR count). The van der Waals surface area contributed by atoms with E-state index in [0.29, 0.717) is 41.6 Å². The number of amides is 1. The second-order valence-corrected chi connectivity index (χ2v) is 9.23. The van der Waals surface area contributed by atoms with Crippen molar-refractivity contribution in [2.75, 3.05) is 24.5 Å². The molecule has 0 atom stereocenters. The number of hydrogen-bond donors (Lipinski definition) is 0. The predicted molar refractivity (Wildman–Crippen MR) is 103 cm³/mol. The van der Waals surface area contributed by atoms with Crippen LogP contribution in [0.5, 0.6) is 0 Å². The summed E-state index contributed by atoms with van der Waals surface area (Å²) in [7, 11) is -3.45. The van der Waals surface area contributed by atoms with Gasteiger partial charge in [-0.25, -0.2) is 8.42 Å². The third kappa shape index (κ3) is 3.19. The lowest BCUT2D eigenvalue weighted by Gasteiger charge is -2.30. The zero-order chi connectivity index (χ0) is 19.2. The van der Waals surface area contributed by atoms with E-state index < -0.39 is 10.0 Å². The van der Waals surface area contributed by atoms with Crippen LogP contribution in [-0.4, -0.2) is 38.3 Å².